The van der Waals surface area contributed by atoms with Crippen LogP contribution in [0, 0.1) is 0 Å². The maximum absolute atomic E-state index is 12.2. The van der Waals surface area contributed by atoms with Crippen LogP contribution in [0.4, 0.5) is 0 Å². The molecule has 0 aromatic rings. The summed E-state index contributed by atoms with van der Waals surface area (Å²) < 4.78 is 33.6. The number of hydrogen-bond donors (Lipinski definition) is 2. The predicted octanol–water partition coefficient (Wildman–Crippen LogP) is -0.299. The fourth-order valence-electron chi connectivity index (χ4n) is 1.68. The minimum absolute atomic E-state index is 0.172. The van der Waals surface area contributed by atoms with Crippen LogP contribution in [0.2, 0.25) is 0 Å². The Morgan fingerprint density at radius 2 is 2.06 bits per heavy atom. The smallest absolute Gasteiger partial charge is 0.280 e. The average Bonchev–Trinajstić information content (AvgIpc) is 2.14. The molecule has 1 aliphatic heterocycles. The summed E-state index contributed by atoms with van der Waals surface area (Å²) in [5.41, 5.74) is -0.522. The number of aliphatic hydroxyl groups excluding tert-OH is 1. The summed E-state index contributed by atoms with van der Waals surface area (Å²) in [6.07, 6.45) is -0.442. The largest absolute Gasteiger partial charge is 0.394 e. The molecule has 17 heavy (non-hydrogen) atoms. The van der Waals surface area contributed by atoms with Crippen LogP contribution in [0.3, 0.4) is 0 Å². The van der Waals surface area contributed by atoms with E-state index in [1.54, 1.807) is 27.7 Å². The highest BCUT2D eigenvalue weighted by Gasteiger charge is 2.36. The molecule has 0 radical (unpaired) electrons. The van der Waals surface area contributed by atoms with Crippen molar-refractivity contribution < 1.29 is 18.3 Å². The molecule has 0 saturated carbocycles. The molecule has 6 nitrogen and oxygen atoms in total. The predicted molar refractivity (Wildman–Crippen MR) is 64.8 cm³/mol. The maximum Gasteiger partial charge on any atom is 0.280 e. The van der Waals surface area contributed by atoms with E-state index in [4.69, 9.17) is 9.84 Å². The van der Waals surface area contributed by atoms with Gasteiger partial charge >= 0.3 is 0 Å². The van der Waals surface area contributed by atoms with E-state index < -0.39 is 21.9 Å². The van der Waals surface area contributed by atoms with Crippen molar-refractivity contribution in [2.75, 3.05) is 19.8 Å². The third-order valence-corrected chi connectivity index (χ3v) is 4.39. The lowest BCUT2D eigenvalue weighted by Crippen LogP contribution is -2.57. The van der Waals surface area contributed by atoms with Crippen LogP contribution < -0.4 is 4.72 Å². The van der Waals surface area contributed by atoms with Gasteiger partial charge in [-0.1, -0.05) is 0 Å². The second kappa shape index (κ2) is 5.19. The van der Waals surface area contributed by atoms with Gasteiger partial charge in [0.15, 0.2) is 0 Å². The summed E-state index contributed by atoms with van der Waals surface area (Å²) in [7, 11) is -3.54. The van der Waals surface area contributed by atoms with Gasteiger partial charge in [0.2, 0.25) is 0 Å². The van der Waals surface area contributed by atoms with Crippen LogP contribution in [0.5, 0.6) is 0 Å². The van der Waals surface area contributed by atoms with Crippen molar-refractivity contribution in [3.8, 4) is 0 Å². The molecule has 0 aromatic carbocycles. The Morgan fingerprint density at radius 1 is 1.47 bits per heavy atom. The quantitative estimate of drug-likeness (QED) is 0.735. The van der Waals surface area contributed by atoms with E-state index in [2.05, 4.69) is 4.72 Å². The number of nitrogens with zero attached hydrogens (tertiary/aromatic N) is 1. The molecule has 102 valence electrons. The fourth-order valence-corrected chi connectivity index (χ4v) is 3.47. The monoisotopic (exact) mass is 266 g/mol. The van der Waals surface area contributed by atoms with Crippen LogP contribution in [0.15, 0.2) is 0 Å². The number of ether oxygens (including phenoxy) is 1. The minimum Gasteiger partial charge on any atom is -0.394 e. The zero-order valence-electron chi connectivity index (χ0n) is 10.8. The highest BCUT2D eigenvalue weighted by atomic mass is 32.2. The number of morpholine rings is 1. The van der Waals surface area contributed by atoms with E-state index in [1.807, 2.05) is 0 Å². The molecule has 0 bridgehead atoms. The van der Waals surface area contributed by atoms with Crippen LogP contribution in [-0.4, -0.2) is 55.3 Å². The molecular formula is C10H22N2O4S. The first-order chi connectivity index (χ1) is 7.65. The summed E-state index contributed by atoms with van der Waals surface area (Å²) in [5.74, 6) is 0. The molecule has 2 unspecified atom stereocenters. The van der Waals surface area contributed by atoms with Gasteiger partial charge in [-0.15, -0.1) is 0 Å². The molecule has 2 atom stereocenters. The summed E-state index contributed by atoms with van der Waals surface area (Å²) in [4.78, 5) is 0. The lowest BCUT2D eigenvalue weighted by molar-refractivity contribution is -0.0521. The Bertz CT molecular complexity index is 350. The Labute approximate surface area is 103 Å². The second-order valence-corrected chi connectivity index (χ2v) is 7.04. The molecular weight excluding hydrogens is 244 g/mol. The molecule has 1 fully saturated rings. The van der Waals surface area contributed by atoms with Crippen LogP contribution in [-0.2, 0) is 14.9 Å². The fraction of sp³-hybridized carbons (Fsp3) is 1.00. The Morgan fingerprint density at radius 3 is 2.53 bits per heavy atom. The Kier molecular flexibility index (Phi) is 4.54. The van der Waals surface area contributed by atoms with E-state index in [-0.39, 0.29) is 19.2 Å². The van der Waals surface area contributed by atoms with Gasteiger partial charge in [0.05, 0.1) is 19.3 Å². The van der Waals surface area contributed by atoms with Crippen LogP contribution >= 0.6 is 0 Å². The zero-order valence-corrected chi connectivity index (χ0v) is 11.6. The minimum atomic E-state index is -3.54. The molecule has 1 aliphatic rings. The normalized spacial score (nSPS) is 28.3. The maximum atomic E-state index is 12.2. The molecule has 0 aliphatic carbocycles. The summed E-state index contributed by atoms with van der Waals surface area (Å²) in [6, 6.07) is -0.224. The molecule has 1 heterocycles. The summed E-state index contributed by atoms with van der Waals surface area (Å²) in [6.45, 7) is 7.47. The Balaban J connectivity index is 2.81. The lowest BCUT2D eigenvalue weighted by Gasteiger charge is -2.37. The number of rotatable bonds is 3. The highest BCUT2D eigenvalue weighted by molar-refractivity contribution is 7.87. The van der Waals surface area contributed by atoms with E-state index in [0.717, 1.165) is 0 Å². The first kappa shape index (κ1) is 14.8. The van der Waals surface area contributed by atoms with Crippen molar-refractivity contribution in [1.29, 1.82) is 0 Å². The van der Waals surface area contributed by atoms with E-state index in [9.17, 15) is 8.42 Å². The standard InChI is InChI=1S/C10H22N2O4S/c1-8-7-16-9(6-13)5-12(8)17(14,15)11-10(2,3)4/h8-9,11,13H,5-7H2,1-4H3. The highest BCUT2D eigenvalue weighted by Crippen LogP contribution is 2.16. The van der Waals surface area contributed by atoms with E-state index in [0.29, 0.717) is 6.61 Å². The van der Waals surface area contributed by atoms with Crippen molar-refractivity contribution >= 4 is 10.2 Å². The third-order valence-electron chi connectivity index (χ3n) is 2.40. The van der Waals surface area contributed by atoms with Crippen LogP contribution in [0.25, 0.3) is 0 Å². The first-order valence-corrected chi connectivity index (χ1v) is 7.13. The summed E-state index contributed by atoms with van der Waals surface area (Å²) in [5, 5.41) is 9.03. The molecule has 2 N–H and O–H groups in total. The van der Waals surface area contributed by atoms with E-state index in [1.165, 1.54) is 4.31 Å². The van der Waals surface area contributed by atoms with Crippen LogP contribution in [0.1, 0.15) is 27.7 Å². The second-order valence-electron chi connectivity index (χ2n) is 5.41. The number of nitrogens with one attached hydrogen (secondary N) is 1. The topological polar surface area (TPSA) is 78.9 Å². The SMILES string of the molecule is CC1COC(CO)CN1S(=O)(=O)NC(C)(C)C. The van der Waals surface area contributed by atoms with Crippen molar-refractivity contribution in [1.82, 2.24) is 9.03 Å². The van der Waals surface area contributed by atoms with Gasteiger partial charge in [-0.3, -0.25) is 0 Å². The van der Waals surface area contributed by atoms with Crippen molar-refractivity contribution in [2.24, 2.45) is 0 Å². The van der Waals surface area contributed by atoms with Gasteiger partial charge in [-0.25, -0.2) is 0 Å². The van der Waals surface area contributed by atoms with Gasteiger partial charge < -0.3 is 9.84 Å². The third kappa shape index (κ3) is 4.18. The molecule has 0 spiro atoms. The van der Waals surface area contributed by atoms with Crippen molar-refractivity contribution in [2.45, 2.75) is 45.4 Å². The molecule has 0 amide bonds. The molecule has 0 aromatic heterocycles. The average molecular weight is 266 g/mol. The Hall–Kier alpha value is -0.210. The number of aliphatic hydroxyl groups is 1. The van der Waals surface area contributed by atoms with Crippen molar-refractivity contribution in [3.05, 3.63) is 0 Å². The van der Waals surface area contributed by atoms with E-state index >= 15 is 0 Å². The van der Waals surface area contributed by atoms with Gasteiger partial charge in [0.1, 0.15) is 0 Å². The zero-order chi connectivity index (χ0) is 13.3. The lowest BCUT2D eigenvalue weighted by atomic mass is 10.1. The number of hydrogen-bond acceptors (Lipinski definition) is 4. The summed E-state index contributed by atoms with van der Waals surface area (Å²) >= 11 is 0. The molecule has 7 heteroatoms. The first-order valence-electron chi connectivity index (χ1n) is 5.69. The molecule has 1 rings (SSSR count). The van der Waals surface area contributed by atoms with Crippen molar-refractivity contribution in [3.63, 3.8) is 0 Å². The van der Waals surface area contributed by atoms with Gasteiger partial charge in [0, 0.05) is 18.1 Å². The van der Waals surface area contributed by atoms with Gasteiger partial charge in [0.25, 0.3) is 10.2 Å². The molecule has 1 saturated heterocycles. The van der Waals surface area contributed by atoms with Gasteiger partial charge in [-0.05, 0) is 27.7 Å². The van der Waals surface area contributed by atoms with Gasteiger partial charge in [-0.2, -0.15) is 17.4 Å².